The maximum Gasteiger partial charge on any atom is 0.260 e. The summed E-state index contributed by atoms with van der Waals surface area (Å²) >= 11 is 0. The molecule has 2 aromatic carbocycles. The molecule has 2 aliphatic rings. The van der Waals surface area contributed by atoms with Gasteiger partial charge < -0.3 is 15.5 Å². The number of piperidine rings is 1. The summed E-state index contributed by atoms with van der Waals surface area (Å²) in [5.41, 5.74) is 9.27. The molecule has 1 atom stereocenters. The van der Waals surface area contributed by atoms with Gasteiger partial charge in [-0.2, -0.15) is 0 Å². The molecule has 2 aromatic rings. The first-order valence-corrected chi connectivity index (χ1v) is 9.52. The van der Waals surface area contributed by atoms with Crippen LogP contribution in [0.25, 0.3) is 0 Å². The Labute approximate surface area is 159 Å². The highest BCUT2D eigenvalue weighted by Gasteiger charge is 2.37. The molecule has 5 heteroatoms. The van der Waals surface area contributed by atoms with E-state index in [9.17, 15) is 9.59 Å². The van der Waals surface area contributed by atoms with Crippen LogP contribution >= 0.6 is 0 Å². The van der Waals surface area contributed by atoms with E-state index in [1.807, 2.05) is 25.1 Å². The van der Waals surface area contributed by atoms with E-state index in [2.05, 4.69) is 24.1 Å². The van der Waals surface area contributed by atoms with Gasteiger partial charge in [0, 0.05) is 5.69 Å². The van der Waals surface area contributed by atoms with Gasteiger partial charge in [0.2, 0.25) is 5.91 Å². The summed E-state index contributed by atoms with van der Waals surface area (Å²) in [7, 11) is 2.16. The molecule has 2 amide bonds. The largest absolute Gasteiger partial charge is 0.366 e. The Balaban J connectivity index is 1.62. The van der Waals surface area contributed by atoms with E-state index in [4.69, 9.17) is 5.73 Å². The Morgan fingerprint density at radius 2 is 1.74 bits per heavy atom. The first kappa shape index (κ1) is 17.7. The van der Waals surface area contributed by atoms with Crippen molar-refractivity contribution in [2.45, 2.75) is 31.7 Å². The normalized spacial score (nSPS) is 20.7. The maximum atomic E-state index is 13.1. The van der Waals surface area contributed by atoms with Crippen LogP contribution in [-0.4, -0.2) is 36.9 Å². The van der Waals surface area contributed by atoms with Gasteiger partial charge in [0.15, 0.2) is 0 Å². The number of nitrogens with zero attached hydrogens (tertiary/aromatic N) is 2. The van der Waals surface area contributed by atoms with Crippen LogP contribution in [0.15, 0.2) is 42.5 Å². The molecular formula is C22H25N3O2. The number of amides is 2. The summed E-state index contributed by atoms with van der Waals surface area (Å²) in [6, 6.07) is 13.5. The molecule has 1 saturated heterocycles. The molecule has 0 aromatic heterocycles. The fourth-order valence-corrected chi connectivity index (χ4v) is 4.39. The lowest BCUT2D eigenvalue weighted by molar-refractivity contribution is 0.0965. The fourth-order valence-electron chi connectivity index (χ4n) is 4.39. The molecule has 0 saturated carbocycles. The average molecular weight is 363 g/mol. The van der Waals surface area contributed by atoms with E-state index in [1.54, 1.807) is 17.0 Å². The van der Waals surface area contributed by atoms with E-state index in [1.165, 1.54) is 18.4 Å². The smallest absolute Gasteiger partial charge is 0.260 e. The number of hydrogen-bond acceptors (Lipinski definition) is 3. The van der Waals surface area contributed by atoms with Crippen molar-refractivity contribution in [2.75, 3.05) is 25.0 Å². The molecule has 1 fully saturated rings. The van der Waals surface area contributed by atoms with Crippen LogP contribution in [0.4, 0.5) is 5.69 Å². The number of hydrogen-bond donors (Lipinski definition) is 1. The quantitative estimate of drug-likeness (QED) is 0.910. The predicted molar refractivity (Wildman–Crippen MR) is 106 cm³/mol. The Kier molecular flexibility index (Phi) is 4.48. The van der Waals surface area contributed by atoms with Gasteiger partial charge in [0.05, 0.1) is 17.2 Å². The summed E-state index contributed by atoms with van der Waals surface area (Å²) in [6.45, 7) is 4.23. The van der Waals surface area contributed by atoms with Crippen LogP contribution < -0.4 is 10.6 Å². The van der Waals surface area contributed by atoms with Crippen molar-refractivity contribution in [3.05, 3.63) is 64.7 Å². The van der Waals surface area contributed by atoms with Gasteiger partial charge in [0.1, 0.15) is 0 Å². The van der Waals surface area contributed by atoms with Crippen molar-refractivity contribution in [2.24, 2.45) is 5.73 Å². The summed E-state index contributed by atoms with van der Waals surface area (Å²) in [6.07, 6.45) is 2.34. The first-order valence-electron chi connectivity index (χ1n) is 9.52. The molecule has 2 aliphatic heterocycles. The highest BCUT2D eigenvalue weighted by Crippen LogP contribution is 2.39. The topological polar surface area (TPSA) is 66.6 Å². The molecule has 5 nitrogen and oxygen atoms in total. The van der Waals surface area contributed by atoms with Gasteiger partial charge in [-0.15, -0.1) is 0 Å². The molecule has 27 heavy (non-hydrogen) atoms. The van der Waals surface area contributed by atoms with Crippen molar-refractivity contribution in [1.82, 2.24) is 4.90 Å². The molecule has 4 rings (SSSR count). The monoisotopic (exact) mass is 363 g/mol. The highest BCUT2D eigenvalue weighted by atomic mass is 16.2. The van der Waals surface area contributed by atoms with Gasteiger partial charge in [-0.05, 0) is 75.1 Å². The summed E-state index contributed by atoms with van der Waals surface area (Å²) < 4.78 is 0. The average Bonchev–Trinajstić information content (AvgIpc) is 2.93. The van der Waals surface area contributed by atoms with E-state index in [0.717, 1.165) is 24.3 Å². The molecule has 0 aliphatic carbocycles. The molecule has 1 unspecified atom stereocenters. The number of rotatable bonds is 3. The molecule has 0 bridgehead atoms. The zero-order chi connectivity index (χ0) is 19.1. The number of benzene rings is 2. The fraction of sp³-hybridized carbons (Fsp3) is 0.364. The van der Waals surface area contributed by atoms with E-state index in [-0.39, 0.29) is 11.9 Å². The summed E-state index contributed by atoms with van der Waals surface area (Å²) in [4.78, 5) is 28.9. The second-order valence-electron chi connectivity index (χ2n) is 7.65. The third-order valence-corrected chi connectivity index (χ3v) is 5.99. The van der Waals surface area contributed by atoms with E-state index < -0.39 is 5.91 Å². The number of carbonyl (C=O) groups is 2. The zero-order valence-electron chi connectivity index (χ0n) is 15.8. The number of primary amides is 1. The second-order valence-corrected chi connectivity index (χ2v) is 7.65. The lowest BCUT2D eigenvalue weighted by atomic mass is 9.89. The number of carbonyl (C=O) groups excluding carboxylic acids is 2. The lowest BCUT2D eigenvalue weighted by Gasteiger charge is -2.29. The van der Waals surface area contributed by atoms with Crippen LogP contribution in [0.2, 0.25) is 0 Å². The Morgan fingerprint density at radius 3 is 2.37 bits per heavy atom. The minimum absolute atomic E-state index is 0.124. The summed E-state index contributed by atoms with van der Waals surface area (Å²) in [5, 5.41) is 0. The Morgan fingerprint density at radius 1 is 1.07 bits per heavy atom. The van der Waals surface area contributed by atoms with Gasteiger partial charge in [-0.1, -0.05) is 24.3 Å². The molecule has 2 N–H and O–H groups in total. The van der Waals surface area contributed by atoms with Crippen LogP contribution in [-0.2, 0) is 0 Å². The van der Waals surface area contributed by atoms with Gasteiger partial charge >= 0.3 is 0 Å². The third kappa shape index (κ3) is 3.02. The van der Waals surface area contributed by atoms with Crippen LogP contribution in [0.5, 0.6) is 0 Å². The molecular weight excluding hydrogens is 338 g/mol. The third-order valence-electron chi connectivity index (χ3n) is 5.99. The molecule has 140 valence electrons. The molecule has 0 spiro atoms. The number of fused-ring (bicyclic) bond motifs is 1. The van der Waals surface area contributed by atoms with Crippen molar-refractivity contribution >= 4 is 17.5 Å². The molecule has 2 heterocycles. The standard InChI is InChI=1S/C22H25N3O2/c1-14-18-4-3-5-19(21(23)26)20(18)22(27)25(14)17-8-6-15(7-9-17)16-10-12-24(2)13-11-16/h3-9,14,16H,10-13H2,1-2H3,(H2,23,26). The second kappa shape index (κ2) is 6.82. The van der Waals surface area contributed by atoms with Crippen molar-refractivity contribution in [3.8, 4) is 0 Å². The minimum Gasteiger partial charge on any atom is -0.366 e. The van der Waals surface area contributed by atoms with Crippen molar-refractivity contribution < 1.29 is 9.59 Å². The van der Waals surface area contributed by atoms with Gasteiger partial charge in [-0.25, -0.2) is 0 Å². The van der Waals surface area contributed by atoms with Crippen LogP contribution in [0.1, 0.15) is 63.6 Å². The SMILES string of the molecule is CC1c2cccc(C(N)=O)c2C(=O)N1c1ccc(C2CCN(C)CC2)cc1. The number of likely N-dealkylation sites (tertiary alicyclic amines) is 1. The number of nitrogens with two attached hydrogens (primary N) is 1. The zero-order valence-corrected chi connectivity index (χ0v) is 15.8. The van der Waals surface area contributed by atoms with Crippen LogP contribution in [0.3, 0.4) is 0 Å². The van der Waals surface area contributed by atoms with Crippen molar-refractivity contribution in [1.29, 1.82) is 0 Å². The van der Waals surface area contributed by atoms with Gasteiger partial charge in [0.25, 0.3) is 5.91 Å². The minimum atomic E-state index is -0.563. The maximum absolute atomic E-state index is 13.1. The first-order chi connectivity index (χ1) is 13.0. The number of anilines is 1. The van der Waals surface area contributed by atoms with Gasteiger partial charge in [-0.3, -0.25) is 9.59 Å². The Bertz CT molecular complexity index is 883. The summed E-state index contributed by atoms with van der Waals surface area (Å²) in [5.74, 6) is -0.133. The van der Waals surface area contributed by atoms with E-state index in [0.29, 0.717) is 17.0 Å². The van der Waals surface area contributed by atoms with Crippen LogP contribution in [0, 0.1) is 0 Å². The highest BCUT2D eigenvalue weighted by molar-refractivity contribution is 6.16. The lowest BCUT2D eigenvalue weighted by Crippen LogP contribution is -2.29. The predicted octanol–water partition coefficient (Wildman–Crippen LogP) is 3.32. The molecule has 0 radical (unpaired) electrons. The Hall–Kier alpha value is -2.66. The van der Waals surface area contributed by atoms with E-state index >= 15 is 0 Å². The van der Waals surface area contributed by atoms with Crippen molar-refractivity contribution in [3.63, 3.8) is 0 Å².